The first-order chi connectivity index (χ1) is 15.9. The molecule has 3 aromatic rings. The summed E-state index contributed by atoms with van der Waals surface area (Å²) in [5.41, 5.74) is 1.25. The third-order valence-electron chi connectivity index (χ3n) is 5.46. The molecule has 0 spiro atoms. The second-order valence-corrected chi connectivity index (χ2v) is 7.40. The van der Waals surface area contributed by atoms with Crippen LogP contribution in [0.15, 0.2) is 72.6 Å². The van der Waals surface area contributed by atoms with E-state index in [4.69, 9.17) is 9.47 Å². The van der Waals surface area contributed by atoms with E-state index in [1.165, 1.54) is 43.4 Å². The molecule has 1 fully saturated rings. The molecule has 33 heavy (non-hydrogen) atoms. The van der Waals surface area contributed by atoms with Crippen LogP contribution >= 0.6 is 0 Å². The van der Waals surface area contributed by atoms with Gasteiger partial charge in [-0.3, -0.25) is 14.6 Å². The average Bonchev–Trinajstić information content (AvgIpc) is 3.09. The number of carbonyl (C=O) groups excluding carboxylic acids is 2. The lowest BCUT2D eigenvalue weighted by atomic mass is 9.94. The molecule has 8 heteroatoms. The first-order valence-electron chi connectivity index (χ1n) is 10.1. The minimum Gasteiger partial charge on any atom is -0.507 e. The summed E-state index contributed by atoms with van der Waals surface area (Å²) in [6.45, 7) is 0.0731. The number of aliphatic hydroxyl groups excluding tert-OH is 1. The number of likely N-dealkylation sites (tertiary alicyclic amines) is 1. The van der Waals surface area contributed by atoms with Crippen LogP contribution < -0.4 is 9.47 Å². The molecule has 0 aliphatic carbocycles. The summed E-state index contributed by atoms with van der Waals surface area (Å²) in [6, 6.07) is 12.6. The lowest BCUT2D eigenvalue weighted by Crippen LogP contribution is -2.29. The van der Waals surface area contributed by atoms with Gasteiger partial charge in [0, 0.05) is 30.1 Å². The number of rotatable bonds is 6. The highest BCUT2D eigenvalue weighted by molar-refractivity contribution is 6.46. The van der Waals surface area contributed by atoms with Crippen molar-refractivity contribution in [2.24, 2.45) is 0 Å². The molecule has 1 aliphatic heterocycles. The van der Waals surface area contributed by atoms with Gasteiger partial charge in [0.25, 0.3) is 11.7 Å². The Hall–Kier alpha value is -4.20. The minimum absolute atomic E-state index is 0.0731. The fourth-order valence-corrected chi connectivity index (χ4v) is 3.87. The lowest BCUT2D eigenvalue weighted by Gasteiger charge is -2.27. The third-order valence-corrected chi connectivity index (χ3v) is 5.46. The van der Waals surface area contributed by atoms with E-state index in [2.05, 4.69) is 4.98 Å². The highest BCUT2D eigenvalue weighted by Crippen LogP contribution is 2.44. The largest absolute Gasteiger partial charge is 0.507 e. The molecule has 1 aromatic heterocycles. The summed E-state index contributed by atoms with van der Waals surface area (Å²) >= 11 is 0. The molecule has 0 radical (unpaired) electrons. The summed E-state index contributed by atoms with van der Waals surface area (Å²) in [4.78, 5) is 31.7. The number of hydrogen-bond acceptors (Lipinski definition) is 6. The monoisotopic (exact) mass is 448 g/mol. The third kappa shape index (κ3) is 4.15. The number of methoxy groups -OCH3 is 2. The van der Waals surface area contributed by atoms with Gasteiger partial charge < -0.3 is 19.5 Å². The van der Waals surface area contributed by atoms with E-state index in [-0.39, 0.29) is 17.7 Å². The Morgan fingerprint density at radius 1 is 1.09 bits per heavy atom. The molecule has 1 unspecified atom stereocenters. The fourth-order valence-electron chi connectivity index (χ4n) is 3.87. The lowest BCUT2D eigenvalue weighted by molar-refractivity contribution is -0.140. The van der Waals surface area contributed by atoms with Gasteiger partial charge in [-0.15, -0.1) is 0 Å². The predicted octanol–water partition coefficient (Wildman–Crippen LogP) is 3.86. The standard InChI is InChI=1S/C25H21FN2O5/c1-32-18-9-10-20(33-2)19(12-18)22-21(23(29)16-5-7-17(26)8-6-16)24(30)25(31)28(22)14-15-4-3-11-27-13-15/h3-13,22,29H,14H2,1-2H3/b23-21-. The Bertz CT molecular complexity index is 1230. The van der Waals surface area contributed by atoms with Crippen LogP contribution in [0.2, 0.25) is 0 Å². The van der Waals surface area contributed by atoms with Crippen molar-refractivity contribution in [3.8, 4) is 11.5 Å². The van der Waals surface area contributed by atoms with Crippen molar-refractivity contribution in [3.05, 3.63) is 95.1 Å². The fraction of sp³-hybridized carbons (Fsp3) is 0.160. The molecular formula is C25H21FN2O5. The van der Waals surface area contributed by atoms with E-state index in [0.717, 1.165) is 0 Å². The van der Waals surface area contributed by atoms with Gasteiger partial charge in [0.15, 0.2) is 0 Å². The first-order valence-corrected chi connectivity index (χ1v) is 10.1. The second kappa shape index (κ2) is 9.12. The number of nitrogens with zero attached hydrogens (tertiary/aromatic N) is 2. The molecule has 7 nitrogen and oxygen atoms in total. The normalized spacial score (nSPS) is 17.3. The van der Waals surface area contributed by atoms with E-state index < -0.39 is 29.3 Å². The quantitative estimate of drug-likeness (QED) is 0.350. The van der Waals surface area contributed by atoms with Crippen LogP contribution in [-0.4, -0.2) is 40.9 Å². The Morgan fingerprint density at radius 3 is 2.48 bits per heavy atom. The molecule has 2 aromatic carbocycles. The highest BCUT2D eigenvalue weighted by Gasteiger charge is 2.47. The molecule has 4 rings (SSSR count). The van der Waals surface area contributed by atoms with Gasteiger partial charge in [0.1, 0.15) is 23.1 Å². The van der Waals surface area contributed by atoms with Crippen molar-refractivity contribution in [2.75, 3.05) is 14.2 Å². The molecule has 1 atom stereocenters. The predicted molar refractivity (Wildman–Crippen MR) is 118 cm³/mol. The average molecular weight is 448 g/mol. The molecule has 168 valence electrons. The number of aromatic nitrogens is 1. The number of aliphatic hydroxyl groups is 1. The van der Waals surface area contributed by atoms with Gasteiger partial charge in [-0.25, -0.2) is 4.39 Å². The summed E-state index contributed by atoms with van der Waals surface area (Å²) in [5, 5.41) is 11.1. The maximum absolute atomic E-state index is 13.4. The van der Waals surface area contributed by atoms with Crippen molar-refractivity contribution in [2.45, 2.75) is 12.6 Å². The zero-order valence-electron chi connectivity index (χ0n) is 18.0. The molecular weight excluding hydrogens is 427 g/mol. The van der Waals surface area contributed by atoms with Crippen molar-refractivity contribution in [1.82, 2.24) is 9.88 Å². The Balaban J connectivity index is 1.93. The molecule has 1 amide bonds. The van der Waals surface area contributed by atoms with E-state index in [1.807, 2.05) is 0 Å². The van der Waals surface area contributed by atoms with Crippen LogP contribution in [-0.2, 0) is 16.1 Å². The van der Waals surface area contributed by atoms with Gasteiger partial charge in [-0.2, -0.15) is 0 Å². The van der Waals surface area contributed by atoms with Crippen LogP contribution in [0.25, 0.3) is 5.76 Å². The van der Waals surface area contributed by atoms with Crippen molar-refractivity contribution in [3.63, 3.8) is 0 Å². The molecule has 1 N–H and O–H groups in total. The SMILES string of the molecule is COc1ccc(OC)c(C2/C(=C(/O)c3ccc(F)cc3)C(=O)C(=O)N2Cc2cccnc2)c1. The maximum Gasteiger partial charge on any atom is 0.295 e. The van der Waals surface area contributed by atoms with Gasteiger partial charge in [-0.1, -0.05) is 6.07 Å². The van der Waals surface area contributed by atoms with Gasteiger partial charge >= 0.3 is 0 Å². The van der Waals surface area contributed by atoms with Gasteiger partial charge in [0.2, 0.25) is 0 Å². The minimum atomic E-state index is -0.972. The number of carbonyl (C=O) groups is 2. The van der Waals surface area contributed by atoms with E-state index in [1.54, 1.807) is 42.7 Å². The van der Waals surface area contributed by atoms with Crippen LogP contribution in [0.1, 0.15) is 22.7 Å². The molecule has 2 heterocycles. The number of amides is 1. The highest BCUT2D eigenvalue weighted by atomic mass is 19.1. The number of benzene rings is 2. The number of ether oxygens (including phenoxy) is 2. The Morgan fingerprint density at radius 2 is 1.85 bits per heavy atom. The van der Waals surface area contributed by atoms with E-state index in [0.29, 0.717) is 22.6 Å². The van der Waals surface area contributed by atoms with Crippen molar-refractivity contribution in [1.29, 1.82) is 0 Å². The van der Waals surface area contributed by atoms with Crippen LogP contribution in [0.3, 0.4) is 0 Å². The van der Waals surface area contributed by atoms with Gasteiger partial charge in [0.05, 0.1) is 25.8 Å². The molecule has 1 saturated heterocycles. The number of Topliss-reactive ketones (excluding diaryl/α,β-unsaturated/α-hetero) is 1. The Kier molecular flexibility index (Phi) is 6.08. The number of pyridine rings is 1. The van der Waals surface area contributed by atoms with Gasteiger partial charge in [-0.05, 0) is 54.1 Å². The molecule has 0 bridgehead atoms. The maximum atomic E-state index is 13.4. The molecule has 1 aliphatic rings. The summed E-state index contributed by atoms with van der Waals surface area (Å²) in [5.74, 6) is -1.64. The first kappa shape index (κ1) is 22.0. The zero-order valence-corrected chi connectivity index (χ0v) is 18.0. The zero-order chi connectivity index (χ0) is 23.5. The van der Waals surface area contributed by atoms with Crippen molar-refractivity contribution >= 4 is 17.4 Å². The van der Waals surface area contributed by atoms with Crippen LogP contribution in [0, 0.1) is 5.82 Å². The smallest absolute Gasteiger partial charge is 0.295 e. The van der Waals surface area contributed by atoms with Crippen molar-refractivity contribution < 1.29 is 28.6 Å². The number of ketones is 1. The second-order valence-electron chi connectivity index (χ2n) is 7.40. The van der Waals surface area contributed by atoms with E-state index in [9.17, 15) is 19.1 Å². The van der Waals surface area contributed by atoms with Crippen LogP contribution in [0.4, 0.5) is 4.39 Å². The van der Waals surface area contributed by atoms with E-state index >= 15 is 0 Å². The molecule has 0 saturated carbocycles. The number of hydrogen-bond donors (Lipinski definition) is 1. The number of halogens is 1. The Labute approximate surface area is 189 Å². The summed E-state index contributed by atoms with van der Waals surface area (Å²) in [6.07, 6.45) is 3.20. The van der Waals surface area contributed by atoms with Crippen LogP contribution in [0.5, 0.6) is 11.5 Å². The summed E-state index contributed by atoms with van der Waals surface area (Å²) < 4.78 is 24.3. The summed E-state index contributed by atoms with van der Waals surface area (Å²) in [7, 11) is 2.97. The topological polar surface area (TPSA) is 89.0 Å².